The molecule has 2 aromatic carbocycles. The van der Waals surface area contributed by atoms with Gasteiger partial charge >= 0.3 is 0 Å². The van der Waals surface area contributed by atoms with Gasteiger partial charge in [-0.25, -0.2) is 8.42 Å². The molecule has 3 aromatic rings. The summed E-state index contributed by atoms with van der Waals surface area (Å²) in [5.74, 6) is 2.51. The molecule has 1 aromatic heterocycles. The van der Waals surface area contributed by atoms with Crippen LogP contribution in [0.25, 0.3) is 11.0 Å². The van der Waals surface area contributed by atoms with Crippen molar-refractivity contribution in [2.45, 2.75) is 52.7 Å². The lowest BCUT2D eigenvalue weighted by Crippen LogP contribution is -2.32. The van der Waals surface area contributed by atoms with E-state index in [0.29, 0.717) is 18.0 Å². The van der Waals surface area contributed by atoms with E-state index in [1.54, 1.807) is 11.7 Å². The Morgan fingerprint density at radius 2 is 2.00 bits per heavy atom. The van der Waals surface area contributed by atoms with E-state index in [4.69, 9.17) is 19.2 Å². The number of hydrogen-bond acceptors (Lipinski definition) is 7. The van der Waals surface area contributed by atoms with Gasteiger partial charge in [0.1, 0.15) is 51.5 Å². The molecule has 36 heavy (non-hydrogen) atoms. The Morgan fingerprint density at radius 1 is 1.25 bits per heavy atom. The number of anilines is 1. The van der Waals surface area contributed by atoms with Crippen molar-refractivity contribution in [1.29, 1.82) is 0 Å². The molecule has 0 fully saturated rings. The first kappa shape index (κ1) is 27.6. The number of aryl methyl sites for hydroxylation is 2. The van der Waals surface area contributed by atoms with Crippen LogP contribution < -0.4 is 19.7 Å². The minimum Gasteiger partial charge on any atom is -0.489 e. The quantitative estimate of drug-likeness (QED) is 0.242. The zero-order valence-electron chi connectivity index (χ0n) is 21.2. The fourth-order valence-corrected chi connectivity index (χ4v) is 4.45. The molecule has 2 atom stereocenters. The third kappa shape index (κ3) is 7.52. The van der Waals surface area contributed by atoms with Crippen LogP contribution in [-0.4, -0.2) is 42.7 Å². The monoisotopic (exact) mass is 536 g/mol. The van der Waals surface area contributed by atoms with E-state index in [2.05, 4.69) is 34.2 Å². The second-order valence-corrected chi connectivity index (χ2v) is 11.1. The fourth-order valence-electron chi connectivity index (χ4n) is 3.60. The molecule has 1 aliphatic rings. The standard InChI is InChI=1S/C21H24N2O4S.C3H8N2O2S/c1-13-9-17-19(27-22-20(17)23-28(4)24)11-15(13)12-25-16-5-6-18-14(10-16)7-8-21(2,3)26-18;1-3(4-6)5-8(2)7/h5-6,9-11H,7-8,12H2,1-4H3,(H,22,23);6H,1-2H3,(H,4,5). The van der Waals surface area contributed by atoms with Gasteiger partial charge in [-0.3, -0.25) is 15.4 Å². The third-order valence-corrected chi connectivity index (χ3v) is 6.42. The van der Waals surface area contributed by atoms with E-state index in [1.165, 1.54) is 18.7 Å². The van der Waals surface area contributed by atoms with Crippen molar-refractivity contribution < 1.29 is 27.6 Å². The zero-order chi connectivity index (χ0) is 26.5. The van der Waals surface area contributed by atoms with Crippen LogP contribution in [0.15, 0.2) is 39.3 Å². The van der Waals surface area contributed by atoms with Gasteiger partial charge in [-0.05, 0) is 87.6 Å². The lowest BCUT2D eigenvalue weighted by molar-refractivity contribution is 0.0844. The number of ether oxygens (including phenoxy) is 2. The van der Waals surface area contributed by atoms with Crippen LogP contribution in [0.2, 0.25) is 0 Å². The Kier molecular flexibility index (Phi) is 9.09. The van der Waals surface area contributed by atoms with Crippen LogP contribution in [0, 0.1) is 6.92 Å². The van der Waals surface area contributed by atoms with Crippen molar-refractivity contribution in [3.05, 3.63) is 47.0 Å². The summed E-state index contributed by atoms with van der Waals surface area (Å²) in [6, 6.07) is 9.89. The predicted octanol–water partition coefficient (Wildman–Crippen LogP) is 4.20. The van der Waals surface area contributed by atoms with E-state index in [0.717, 1.165) is 40.9 Å². The van der Waals surface area contributed by atoms with E-state index >= 15 is 0 Å². The van der Waals surface area contributed by atoms with Gasteiger partial charge in [-0.15, -0.1) is 0 Å². The van der Waals surface area contributed by atoms with Crippen LogP contribution in [0.3, 0.4) is 0 Å². The van der Waals surface area contributed by atoms with E-state index in [1.807, 2.05) is 31.2 Å². The van der Waals surface area contributed by atoms with E-state index in [9.17, 15) is 8.42 Å². The maximum Gasteiger partial charge on any atom is 0.189 e. The number of hydrogen-bond donors (Lipinski definition) is 3. The molecule has 12 heteroatoms. The summed E-state index contributed by atoms with van der Waals surface area (Å²) in [6.07, 6.45) is 4.95. The predicted molar refractivity (Wildman–Crippen MR) is 142 cm³/mol. The van der Waals surface area contributed by atoms with Gasteiger partial charge in [-0.2, -0.15) is 4.40 Å². The normalized spacial score (nSPS) is 16.1. The molecular weight excluding hydrogens is 504 g/mol. The van der Waals surface area contributed by atoms with Gasteiger partial charge in [0, 0.05) is 12.5 Å². The minimum atomic E-state index is -1.23. The fraction of sp³-hybridized carbons (Fsp3) is 0.417. The summed E-state index contributed by atoms with van der Waals surface area (Å²) in [5.41, 5.74) is 5.53. The highest BCUT2D eigenvalue weighted by atomic mass is 32.2. The van der Waals surface area contributed by atoms with Crippen molar-refractivity contribution in [3.63, 3.8) is 0 Å². The number of amidine groups is 1. The molecule has 0 aliphatic carbocycles. The van der Waals surface area contributed by atoms with Crippen molar-refractivity contribution in [2.75, 3.05) is 17.2 Å². The van der Waals surface area contributed by atoms with Crippen LogP contribution in [0.5, 0.6) is 11.5 Å². The van der Waals surface area contributed by atoms with Crippen molar-refractivity contribution in [1.82, 2.24) is 10.6 Å². The van der Waals surface area contributed by atoms with Crippen LogP contribution >= 0.6 is 0 Å². The zero-order valence-corrected chi connectivity index (χ0v) is 22.8. The number of nitrogens with zero attached hydrogens (tertiary/aromatic N) is 2. The van der Waals surface area contributed by atoms with Crippen LogP contribution in [0.4, 0.5) is 5.82 Å². The molecule has 0 amide bonds. The molecule has 0 saturated heterocycles. The molecule has 196 valence electrons. The number of hydroxylamine groups is 1. The number of nitrogens with one attached hydrogen (secondary N) is 2. The molecule has 0 spiro atoms. The average Bonchev–Trinajstić information content (AvgIpc) is 3.17. The highest BCUT2D eigenvalue weighted by molar-refractivity contribution is 7.85. The Hall–Kier alpha value is -2.96. The second kappa shape index (κ2) is 11.8. The smallest absolute Gasteiger partial charge is 0.189 e. The van der Waals surface area contributed by atoms with Gasteiger partial charge < -0.3 is 14.0 Å². The first-order valence-corrected chi connectivity index (χ1v) is 14.3. The van der Waals surface area contributed by atoms with Gasteiger partial charge in [0.15, 0.2) is 11.4 Å². The molecule has 0 radical (unpaired) electrons. The molecule has 0 saturated carbocycles. The Balaban J connectivity index is 0.000000392. The third-order valence-electron chi connectivity index (χ3n) is 5.41. The molecule has 2 unspecified atom stereocenters. The summed E-state index contributed by atoms with van der Waals surface area (Å²) >= 11 is 0. The lowest BCUT2D eigenvalue weighted by Gasteiger charge is -2.32. The lowest BCUT2D eigenvalue weighted by atomic mass is 9.94. The van der Waals surface area contributed by atoms with Gasteiger partial charge in [-0.1, -0.05) is 5.16 Å². The van der Waals surface area contributed by atoms with Crippen molar-refractivity contribution in [3.8, 4) is 11.5 Å². The highest BCUT2D eigenvalue weighted by Crippen LogP contribution is 2.35. The topological polar surface area (TPSA) is 135 Å². The summed E-state index contributed by atoms with van der Waals surface area (Å²) in [6.45, 7) is 8.18. The minimum absolute atomic E-state index is 0.114. The molecular formula is C24H32N4O6S2. The maximum absolute atomic E-state index is 11.4. The van der Waals surface area contributed by atoms with Crippen molar-refractivity contribution in [2.24, 2.45) is 4.40 Å². The first-order valence-electron chi connectivity index (χ1n) is 11.2. The molecule has 4 rings (SSSR count). The molecule has 10 nitrogen and oxygen atoms in total. The van der Waals surface area contributed by atoms with Gasteiger partial charge in [0.05, 0.1) is 5.39 Å². The summed E-state index contributed by atoms with van der Waals surface area (Å²) in [5, 5.41) is 12.8. The molecule has 0 bridgehead atoms. The van der Waals surface area contributed by atoms with E-state index < -0.39 is 22.0 Å². The summed E-state index contributed by atoms with van der Waals surface area (Å²) in [4.78, 5) is 0. The Labute approximate surface area is 215 Å². The van der Waals surface area contributed by atoms with Gasteiger partial charge in [0.2, 0.25) is 0 Å². The SMILES string of the molecule is C/C(=N/S(C)=O)NO.Cc1cc2c(NS(C)=O)noc2cc1COc1ccc2c(c1)CCC(C)(C)O2. The Morgan fingerprint density at radius 3 is 2.64 bits per heavy atom. The molecule has 2 heterocycles. The molecule has 1 aliphatic heterocycles. The Bertz CT molecular complexity index is 1310. The van der Waals surface area contributed by atoms with E-state index in [-0.39, 0.29) is 11.4 Å². The number of benzene rings is 2. The number of aromatic nitrogens is 1. The molecule has 3 N–H and O–H groups in total. The van der Waals surface area contributed by atoms with Crippen LogP contribution in [-0.2, 0) is 35.0 Å². The van der Waals surface area contributed by atoms with Gasteiger partial charge in [0.25, 0.3) is 0 Å². The van der Waals surface area contributed by atoms with Crippen molar-refractivity contribution >= 4 is 44.6 Å². The second-order valence-electron chi connectivity index (χ2n) is 8.99. The van der Waals surface area contributed by atoms with Crippen LogP contribution in [0.1, 0.15) is 43.9 Å². The number of rotatable bonds is 6. The largest absolute Gasteiger partial charge is 0.489 e. The summed E-state index contributed by atoms with van der Waals surface area (Å²) in [7, 11) is -2.44. The first-order chi connectivity index (χ1) is 17.0. The summed E-state index contributed by atoms with van der Waals surface area (Å²) < 4.78 is 45.2. The number of fused-ring (bicyclic) bond motifs is 2. The highest BCUT2D eigenvalue weighted by Gasteiger charge is 2.26. The average molecular weight is 537 g/mol. The maximum atomic E-state index is 11.4.